The number of aliphatic carboxylic acids is 1. The lowest BCUT2D eigenvalue weighted by Crippen LogP contribution is -2.04. The quantitative estimate of drug-likeness (QED) is 0.627. The molecule has 3 heteroatoms. The maximum Gasteiger partial charge on any atom is 0.303 e. The van der Waals surface area contributed by atoms with Crippen LogP contribution < -0.4 is 0 Å². The molecule has 0 aromatic heterocycles. The zero-order valence-electron chi connectivity index (χ0n) is 7.88. The Bertz CT molecular complexity index is 126. The van der Waals surface area contributed by atoms with E-state index in [-0.39, 0.29) is 0 Å². The largest absolute Gasteiger partial charge is 0.481 e. The molecule has 0 saturated heterocycles. The molecule has 0 radical (unpaired) electrons. The van der Waals surface area contributed by atoms with Gasteiger partial charge in [-0.2, -0.15) is 11.8 Å². The molecule has 0 amide bonds. The minimum atomic E-state index is -0.675. The molecule has 2 nitrogen and oxygen atoms in total. The Kier molecular flexibility index (Phi) is 7.36. The number of hydrogen-bond donors (Lipinski definition) is 1. The Labute approximate surface area is 78.7 Å². The molecule has 0 spiro atoms. The summed E-state index contributed by atoms with van der Waals surface area (Å²) >= 11 is 1.92. The first-order chi connectivity index (χ1) is 5.66. The third kappa shape index (κ3) is 7.92. The molecule has 1 N–H and O–H groups in total. The van der Waals surface area contributed by atoms with Crippen LogP contribution in [0.5, 0.6) is 0 Å². The van der Waals surface area contributed by atoms with E-state index in [2.05, 4.69) is 6.92 Å². The third-order valence-electron chi connectivity index (χ3n) is 1.71. The molecule has 0 bridgehead atoms. The maximum atomic E-state index is 10.3. The van der Waals surface area contributed by atoms with Crippen molar-refractivity contribution in [1.82, 2.24) is 0 Å². The van der Waals surface area contributed by atoms with Crippen LogP contribution in [-0.4, -0.2) is 22.6 Å². The lowest BCUT2D eigenvalue weighted by molar-refractivity contribution is -0.138. The lowest BCUT2D eigenvalue weighted by atomic mass is 10.0. The predicted molar refractivity (Wildman–Crippen MR) is 53.6 cm³/mol. The van der Waals surface area contributed by atoms with Gasteiger partial charge in [-0.3, -0.25) is 4.79 Å². The summed E-state index contributed by atoms with van der Waals surface area (Å²) in [7, 11) is 0. The van der Waals surface area contributed by atoms with Crippen LogP contribution in [-0.2, 0) is 4.79 Å². The van der Waals surface area contributed by atoms with Gasteiger partial charge in [-0.15, -0.1) is 0 Å². The second kappa shape index (κ2) is 7.47. The fraction of sp³-hybridized carbons (Fsp3) is 0.889. The van der Waals surface area contributed by atoms with Crippen LogP contribution in [0.4, 0.5) is 0 Å². The van der Waals surface area contributed by atoms with E-state index in [1.807, 2.05) is 18.7 Å². The predicted octanol–water partition coefficient (Wildman–Crippen LogP) is 2.63. The topological polar surface area (TPSA) is 37.3 Å². The molecule has 0 aromatic rings. The van der Waals surface area contributed by atoms with Gasteiger partial charge in [0, 0.05) is 6.42 Å². The molecule has 1 atom stereocenters. The van der Waals surface area contributed by atoms with E-state index in [4.69, 9.17) is 5.11 Å². The first-order valence-electron chi connectivity index (χ1n) is 4.46. The summed E-state index contributed by atoms with van der Waals surface area (Å²) in [5.41, 5.74) is 0. The number of carbonyl (C=O) groups is 1. The van der Waals surface area contributed by atoms with Crippen molar-refractivity contribution in [3.05, 3.63) is 0 Å². The van der Waals surface area contributed by atoms with E-state index in [0.29, 0.717) is 12.3 Å². The number of rotatable bonds is 7. The Balaban J connectivity index is 3.19. The zero-order chi connectivity index (χ0) is 9.40. The van der Waals surface area contributed by atoms with E-state index in [9.17, 15) is 4.79 Å². The van der Waals surface area contributed by atoms with Crippen molar-refractivity contribution in [3.8, 4) is 0 Å². The molecule has 0 aliphatic carbocycles. The van der Waals surface area contributed by atoms with Crippen LogP contribution in [0.15, 0.2) is 0 Å². The summed E-state index contributed by atoms with van der Waals surface area (Å²) in [6, 6.07) is 0. The van der Waals surface area contributed by atoms with Gasteiger partial charge in [0.2, 0.25) is 0 Å². The summed E-state index contributed by atoms with van der Waals surface area (Å²) in [6.07, 6.45) is 2.50. The van der Waals surface area contributed by atoms with Crippen LogP contribution in [0.3, 0.4) is 0 Å². The minimum Gasteiger partial charge on any atom is -0.481 e. The van der Waals surface area contributed by atoms with Crippen molar-refractivity contribution in [2.45, 2.75) is 33.1 Å². The smallest absolute Gasteiger partial charge is 0.303 e. The summed E-state index contributed by atoms with van der Waals surface area (Å²) in [4.78, 5) is 10.3. The first-order valence-corrected chi connectivity index (χ1v) is 5.61. The average Bonchev–Trinajstić information content (AvgIpc) is 1.97. The normalized spacial score (nSPS) is 12.8. The highest BCUT2D eigenvalue weighted by atomic mass is 32.2. The van der Waals surface area contributed by atoms with Crippen LogP contribution in [0.25, 0.3) is 0 Å². The van der Waals surface area contributed by atoms with Gasteiger partial charge >= 0.3 is 5.97 Å². The highest BCUT2D eigenvalue weighted by molar-refractivity contribution is 7.99. The van der Waals surface area contributed by atoms with E-state index in [0.717, 1.165) is 18.6 Å². The lowest BCUT2D eigenvalue weighted by Gasteiger charge is -2.06. The van der Waals surface area contributed by atoms with Gasteiger partial charge in [-0.25, -0.2) is 0 Å². The molecule has 12 heavy (non-hydrogen) atoms. The van der Waals surface area contributed by atoms with Gasteiger partial charge in [0.15, 0.2) is 0 Å². The van der Waals surface area contributed by atoms with Crippen molar-refractivity contribution in [2.75, 3.05) is 11.5 Å². The fourth-order valence-electron chi connectivity index (χ4n) is 1.08. The van der Waals surface area contributed by atoms with E-state index < -0.39 is 5.97 Å². The first kappa shape index (κ1) is 11.8. The summed E-state index contributed by atoms with van der Waals surface area (Å²) < 4.78 is 0. The molecule has 72 valence electrons. The molecular formula is C9H18O2S. The Morgan fingerprint density at radius 1 is 1.58 bits per heavy atom. The van der Waals surface area contributed by atoms with Crippen molar-refractivity contribution >= 4 is 17.7 Å². The zero-order valence-corrected chi connectivity index (χ0v) is 8.69. The van der Waals surface area contributed by atoms with Gasteiger partial charge in [-0.1, -0.05) is 13.8 Å². The van der Waals surface area contributed by atoms with Crippen LogP contribution in [0, 0.1) is 5.92 Å². The van der Waals surface area contributed by atoms with Crippen LogP contribution in [0.2, 0.25) is 0 Å². The monoisotopic (exact) mass is 190 g/mol. The Morgan fingerprint density at radius 2 is 2.25 bits per heavy atom. The number of thioether (sulfide) groups is 1. The standard InChI is InChI=1S/C9H18O2S/c1-3-12-6-4-5-8(2)7-9(10)11/h8H,3-7H2,1-2H3,(H,10,11). The molecule has 0 saturated carbocycles. The van der Waals surface area contributed by atoms with E-state index in [1.165, 1.54) is 5.75 Å². The number of carboxylic acids is 1. The molecule has 0 rings (SSSR count). The molecule has 0 heterocycles. The van der Waals surface area contributed by atoms with E-state index >= 15 is 0 Å². The summed E-state index contributed by atoms with van der Waals surface area (Å²) in [5, 5.41) is 8.48. The van der Waals surface area contributed by atoms with Gasteiger partial charge in [0.25, 0.3) is 0 Å². The summed E-state index contributed by atoms with van der Waals surface area (Å²) in [5.74, 6) is 1.99. The van der Waals surface area contributed by atoms with Crippen molar-refractivity contribution in [3.63, 3.8) is 0 Å². The SMILES string of the molecule is CCSCCCC(C)CC(=O)O. The van der Waals surface area contributed by atoms with Gasteiger partial charge in [0.1, 0.15) is 0 Å². The van der Waals surface area contributed by atoms with Crippen molar-refractivity contribution < 1.29 is 9.90 Å². The highest BCUT2D eigenvalue weighted by Crippen LogP contribution is 2.12. The third-order valence-corrected chi connectivity index (χ3v) is 2.70. The minimum absolute atomic E-state index is 0.316. The molecule has 0 aliphatic heterocycles. The fourth-order valence-corrected chi connectivity index (χ4v) is 1.74. The highest BCUT2D eigenvalue weighted by Gasteiger charge is 2.06. The van der Waals surface area contributed by atoms with Gasteiger partial charge < -0.3 is 5.11 Å². The Hall–Kier alpha value is -0.180. The molecule has 0 fully saturated rings. The molecular weight excluding hydrogens is 172 g/mol. The van der Waals surface area contributed by atoms with Gasteiger partial charge in [-0.05, 0) is 30.3 Å². The van der Waals surface area contributed by atoms with E-state index in [1.54, 1.807) is 0 Å². The van der Waals surface area contributed by atoms with Crippen molar-refractivity contribution in [1.29, 1.82) is 0 Å². The van der Waals surface area contributed by atoms with Crippen molar-refractivity contribution in [2.24, 2.45) is 5.92 Å². The average molecular weight is 190 g/mol. The summed E-state index contributed by atoms with van der Waals surface area (Å²) in [6.45, 7) is 4.15. The van der Waals surface area contributed by atoms with Gasteiger partial charge in [0.05, 0.1) is 0 Å². The van der Waals surface area contributed by atoms with Crippen LogP contribution >= 0.6 is 11.8 Å². The second-order valence-corrected chi connectivity index (χ2v) is 4.44. The molecule has 0 aromatic carbocycles. The molecule has 0 aliphatic rings. The Morgan fingerprint density at radius 3 is 2.75 bits per heavy atom. The maximum absolute atomic E-state index is 10.3. The second-order valence-electron chi connectivity index (χ2n) is 3.04. The van der Waals surface area contributed by atoms with Crippen LogP contribution in [0.1, 0.15) is 33.1 Å². The number of hydrogen-bond acceptors (Lipinski definition) is 2. The molecule has 1 unspecified atom stereocenters. The number of carboxylic acid groups (broad SMARTS) is 1.